The fourth-order valence-corrected chi connectivity index (χ4v) is 6.26. The number of unbranched alkanes of at least 4 members (excludes halogenated alkanes) is 14. The van der Waals surface area contributed by atoms with Crippen molar-refractivity contribution in [1.82, 2.24) is 0 Å². The van der Waals surface area contributed by atoms with Crippen molar-refractivity contribution >= 4 is 11.9 Å². The van der Waals surface area contributed by atoms with Gasteiger partial charge in [-0.3, -0.25) is 9.59 Å². The number of carbonyl (C=O) groups is 2. The molecule has 5 heteroatoms. The van der Waals surface area contributed by atoms with Crippen LogP contribution < -0.4 is 0 Å². The first kappa shape index (κ1) is 56.6. The lowest BCUT2D eigenvalue weighted by molar-refractivity contribution is -0.163. The number of hydrogen-bond acceptors (Lipinski definition) is 5. The second kappa shape index (κ2) is 49.9. The number of carbonyl (C=O) groups excluding carboxylic acids is 2. The molecule has 0 N–H and O–H groups in total. The maximum atomic E-state index is 12.8. The first-order valence-corrected chi connectivity index (χ1v) is 24.4. The summed E-state index contributed by atoms with van der Waals surface area (Å²) in [6.07, 6.45) is 68.1. The molecular formula is C55H90O5. The lowest BCUT2D eigenvalue weighted by atomic mass is 10.1. The highest BCUT2D eigenvalue weighted by Crippen LogP contribution is 2.12. The highest BCUT2D eigenvalue weighted by Gasteiger charge is 2.17. The van der Waals surface area contributed by atoms with Crippen LogP contribution in [0.4, 0.5) is 0 Å². The van der Waals surface area contributed by atoms with E-state index in [0.29, 0.717) is 19.4 Å². The monoisotopic (exact) mass is 831 g/mol. The molecule has 60 heavy (non-hydrogen) atoms. The Hall–Kier alpha value is -3.44. The van der Waals surface area contributed by atoms with Crippen molar-refractivity contribution in [3.63, 3.8) is 0 Å². The SMILES string of the molecule is CC/C=C\C/C=C\C/C=C\CCCCCCCC(=O)OCC(COCCCCCC/C=C\C/C=C\C/C=C\CC)OC(=O)CCCCCCC/C=C\C/C=C\C/C=C\CC. The Morgan fingerprint density at radius 2 is 0.700 bits per heavy atom. The van der Waals surface area contributed by atoms with E-state index in [9.17, 15) is 9.59 Å². The van der Waals surface area contributed by atoms with E-state index < -0.39 is 6.10 Å². The molecule has 1 unspecified atom stereocenters. The van der Waals surface area contributed by atoms with Gasteiger partial charge in [0.25, 0.3) is 0 Å². The molecule has 5 nitrogen and oxygen atoms in total. The van der Waals surface area contributed by atoms with Crippen molar-refractivity contribution in [2.75, 3.05) is 19.8 Å². The molecule has 0 saturated heterocycles. The molecule has 0 heterocycles. The summed E-state index contributed by atoms with van der Waals surface area (Å²) in [6.45, 7) is 7.39. The summed E-state index contributed by atoms with van der Waals surface area (Å²) in [7, 11) is 0. The molecule has 0 aliphatic carbocycles. The van der Waals surface area contributed by atoms with Gasteiger partial charge in [0.05, 0.1) is 6.61 Å². The van der Waals surface area contributed by atoms with Crippen molar-refractivity contribution in [1.29, 1.82) is 0 Å². The van der Waals surface area contributed by atoms with Crippen LogP contribution in [-0.2, 0) is 23.8 Å². The van der Waals surface area contributed by atoms with Gasteiger partial charge in [0.1, 0.15) is 6.61 Å². The van der Waals surface area contributed by atoms with Gasteiger partial charge in [-0.25, -0.2) is 0 Å². The van der Waals surface area contributed by atoms with Crippen LogP contribution in [0.25, 0.3) is 0 Å². The summed E-state index contributed by atoms with van der Waals surface area (Å²) in [5.74, 6) is -0.457. The molecule has 0 rings (SSSR count). The normalized spacial score (nSPS) is 13.2. The zero-order valence-electron chi connectivity index (χ0n) is 38.9. The molecular weight excluding hydrogens is 741 g/mol. The zero-order valence-corrected chi connectivity index (χ0v) is 38.9. The number of esters is 2. The van der Waals surface area contributed by atoms with E-state index in [0.717, 1.165) is 128 Å². The Balaban J connectivity index is 4.39. The quantitative estimate of drug-likeness (QED) is 0.0348. The third-order valence-corrected chi connectivity index (χ3v) is 9.79. The molecule has 0 saturated carbocycles. The highest BCUT2D eigenvalue weighted by molar-refractivity contribution is 5.70. The van der Waals surface area contributed by atoms with Crippen LogP contribution in [0.1, 0.15) is 201 Å². The maximum Gasteiger partial charge on any atom is 0.306 e. The molecule has 0 spiro atoms. The minimum Gasteiger partial charge on any atom is -0.462 e. The lowest BCUT2D eigenvalue weighted by Gasteiger charge is -2.18. The molecule has 340 valence electrons. The molecule has 1 atom stereocenters. The van der Waals surface area contributed by atoms with E-state index >= 15 is 0 Å². The van der Waals surface area contributed by atoms with Crippen molar-refractivity contribution in [2.24, 2.45) is 0 Å². The van der Waals surface area contributed by atoms with Crippen LogP contribution in [0, 0.1) is 0 Å². The summed E-state index contributed by atoms with van der Waals surface area (Å²) in [5.41, 5.74) is 0. The van der Waals surface area contributed by atoms with Crippen molar-refractivity contribution in [3.8, 4) is 0 Å². The van der Waals surface area contributed by atoms with Crippen molar-refractivity contribution in [3.05, 3.63) is 109 Å². The Labute approximate surface area is 370 Å². The Morgan fingerprint density at radius 1 is 0.367 bits per heavy atom. The zero-order chi connectivity index (χ0) is 43.5. The predicted octanol–water partition coefficient (Wildman–Crippen LogP) is 16.4. The topological polar surface area (TPSA) is 61.8 Å². The minimum absolute atomic E-state index is 0.0533. The van der Waals surface area contributed by atoms with Crippen molar-refractivity contribution < 1.29 is 23.8 Å². The van der Waals surface area contributed by atoms with Gasteiger partial charge in [-0.15, -0.1) is 0 Å². The number of rotatable bonds is 43. The molecule has 0 aliphatic rings. The van der Waals surface area contributed by atoms with E-state index in [-0.39, 0.29) is 25.2 Å². The fourth-order valence-electron chi connectivity index (χ4n) is 6.26. The maximum absolute atomic E-state index is 12.8. The lowest BCUT2D eigenvalue weighted by Crippen LogP contribution is -2.30. The predicted molar refractivity (Wildman–Crippen MR) is 260 cm³/mol. The molecule has 0 bridgehead atoms. The van der Waals surface area contributed by atoms with Crippen LogP contribution in [0.5, 0.6) is 0 Å². The van der Waals surface area contributed by atoms with Gasteiger partial charge in [-0.2, -0.15) is 0 Å². The largest absolute Gasteiger partial charge is 0.462 e. The van der Waals surface area contributed by atoms with Gasteiger partial charge in [0.15, 0.2) is 6.10 Å². The molecule has 0 aliphatic heterocycles. The van der Waals surface area contributed by atoms with Gasteiger partial charge in [0, 0.05) is 19.4 Å². The Bertz CT molecular complexity index is 1210. The van der Waals surface area contributed by atoms with E-state index in [2.05, 4.69) is 130 Å². The standard InChI is InChI=1S/C55H90O5/c1-4-7-10-13-16-19-22-25-28-30-33-36-39-42-45-48-54(56)59-52-53(51-58-50-47-44-41-38-35-32-27-24-21-18-15-12-9-6-3)60-55(57)49-46-43-40-37-34-31-29-26-23-20-17-14-11-8-5-2/h7-12,16-21,25-29,32,53H,4-6,13-15,22-24,30-31,33-52H2,1-3H3/b10-7-,11-8-,12-9-,19-16-,20-17-,21-18-,28-25-,29-26-,32-27-. The van der Waals surface area contributed by atoms with Gasteiger partial charge < -0.3 is 14.2 Å². The van der Waals surface area contributed by atoms with E-state index in [1.165, 1.54) is 38.5 Å². The third kappa shape index (κ3) is 47.2. The van der Waals surface area contributed by atoms with Crippen LogP contribution >= 0.6 is 0 Å². The summed E-state index contributed by atoms with van der Waals surface area (Å²) < 4.78 is 17.3. The van der Waals surface area contributed by atoms with Crippen LogP contribution in [0.3, 0.4) is 0 Å². The molecule has 0 aromatic carbocycles. The minimum atomic E-state index is -0.570. The number of ether oxygens (including phenoxy) is 3. The Kier molecular flexibility index (Phi) is 47.1. The van der Waals surface area contributed by atoms with E-state index in [4.69, 9.17) is 14.2 Å². The average molecular weight is 831 g/mol. The molecule has 0 fully saturated rings. The average Bonchev–Trinajstić information content (AvgIpc) is 3.25. The van der Waals surface area contributed by atoms with Crippen LogP contribution in [0.2, 0.25) is 0 Å². The van der Waals surface area contributed by atoms with Gasteiger partial charge in [-0.05, 0) is 116 Å². The summed E-state index contributed by atoms with van der Waals surface area (Å²) in [5, 5.41) is 0. The van der Waals surface area contributed by atoms with Gasteiger partial charge >= 0.3 is 11.9 Å². The highest BCUT2D eigenvalue weighted by atomic mass is 16.6. The number of allylic oxidation sites excluding steroid dienone is 18. The molecule has 0 amide bonds. The Morgan fingerprint density at radius 3 is 1.12 bits per heavy atom. The van der Waals surface area contributed by atoms with Gasteiger partial charge in [-0.1, -0.05) is 182 Å². The molecule has 0 aromatic rings. The first-order chi connectivity index (χ1) is 29.6. The van der Waals surface area contributed by atoms with E-state index in [1.807, 2.05) is 0 Å². The molecule has 0 radical (unpaired) electrons. The fraction of sp³-hybridized carbons (Fsp3) is 0.636. The number of hydrogen-bond donors (Lipinski definition) is 0. The summed E-state index contributed by atoms with van der Waals surface area (Å²) in [6, 6.07) is 0. The molecule has 0 aromatic heterocycles. The van der Waals surface area contributed by atoms with Crippen LogP contribution in [-0.4, -0.2) is 37.9 Å². The summed E-state index contributed by atoms with van der Waals surface area (Å²) in [4.78, 5) is 25.4. The second-order valence-electron chi connectivity index (χ2n) is 15.6. The first-order valence-electron chi connectivity index (χ1n) is 24.4. The third-order valence-electron chi connectivity index (χ3n) is 9.79. The second-order valence-corrected chi connectivity index (χ2v) is 15.6. The summed E-state index contributed by atoms with van der Waals surface area (Å²) >= 11 is 0. The van der Waals surface area contributed by atoms with E-state index in [1.54, 1.807) is 0 Å². The smallest absolute Gasteiger partial charge is 0.306 e. The van der Waals surface area contributed by atoms with Crippen LogP contribution in [0.15, 0.2) is 109 Å². The van der Waals surface area contributed by atoms with Gasteiger partial charge in [0.2, 0.25) is 0 Å². The van der Waals surface area contributed by atoms with Crippen molar-refractivity contribution in [2.45, 2.75) is 207 Å².